The number of halogens is 1. The Morgan fingerprint density at radius 1 is 0.722 bits per heavy atom. The maximum absolute atomic E-state index is 5.80. The van der Waals surface area contributed by atoms with Crippen molar-refractivity contribution in [1.82, 2.24) is 4.90 Å². The monoisotopic (exact) mass is 275 g/mol. The third kappa shape index (κ3) is 11.3. The summed E-state index contributed by atoms with van der Waals surface area (Å²) in [5.74, 6) is 3.20. The summed E-state index contributed by atoms with van der Waals surface area (Å²) in [4.78, 5) is 2.66. The Bertz CT molecular complexity index is 168. The van der Waals surface area contributed by atoms with Crippen LogP contribution in [0.5, 0.6) is 0 Å². The Morgan fingerprint density at radius 2 is 1.17 bits per heavy atom. The van der Waals surface area contributed by atoms with Crippen LogP contribution in [0.4, 0.5) is 0 Å². The largest absolute Gasteiger partial charge is 0.303 e. The first kappa shape index (κ1) is 18.2. The van der Waals surface area contributed by atoms with Crippen molar-refractivity contribution in [3.8, 4) is 0 Å². The summed E-state index contributed by atoms with van der Waals surface area (Å²) < 4.78 is 0. The summed E-state index contributed by atoms with van der Waals surface area (Å²) in [6, 6.07) is 0. The number of rotatable bonds is 11. The summed E-state index contributed by atoms with van der Waals surface area (Å²) in [6.07, 6.45) is 5.09. The van der Waals surface area contributed by atoms with Crippen molar-refractivity contribution in [3.05, 3.63) is 0 Å². The molecule has 18 heavy (non-hydrogen) atoms. The standard InChI is InChI=1S/C16H34ClN/c1-14(2)7-11-18(12-8-15(3)4)13-9-16(5)6-10-17/h14-16H,6-13H2,1-5H3. The van der Waals surface area contributed by atoms with Crippen molar-refractivity contribution in [2.45, 2.75) is 60.3 Å². The predicted molar refractivity (Wildman–Crippen MR) is 84.5 cm³/mol. The van der Waals surface area contributed by atoms with Crippen LogP contribution in [0, 0.1) is 17.8 Å². The van der Waals surface area contributed by atoms with Gasteiger partial charge in [0.15, 0.2) is 0 Å². The molecule has 0 bridgehead atoms. The Hall–Kier alpha value is 0.250. The SMILES string of the molecule is CC(C)CCN(CCC(C)C)CCC(C)CCCl. The summed E-state index contributed by atoms with van der Waals surface area (Å²) in [6.45, 7) is 15.4. The van der Waals surface area contributed by atoms with Gasteiger partial charge in [0, 0.05) is 5.88 Å². The molecule has 1 nitrogen and oxygen atoms in total. The zero-order chi connectivity index (χ0) is 14.0. The van der Waals surface area contributed by atoms with Gasteiger partial charge in [-0.2, -0.15) is 0 Å². The molecule has 0 N–H and O–H groups in total. The Balaban J connectivity index is 3.94. The highest BCUT2D eigenvalue weighted by molar-refractivity contribution is 6.17. The first-order valence-electron chi connectivity index (χ1n) is 7.74. The highest BCUT2D eigenvalue weighted by atomic mass is 35.5. The molecule has 0 aromatic carbocycles. The first-order chi connectivity index (χ1) is 8.45. The molecule has 0 spiro atoms. The minimum Gasteiger partial charge on any atom is -0.303 e. The Kier molecular flexibility index (Phi) is 11.3. The molecule has 0 fully saturated rings. The van der Waals surface area contributed by atoms with Crippen molar-refractivity contribution >= 4 is 11.6 Å². The van der Waals surface area contributed by atoms with E-state index in [4.69, 9.17) is 11.6 Å². The maximum atomic E-state index is 5.80. The lowest BCUT2D eigenvalue weighted by Crippen LogP contribution is -2.29. The molecule has 0 amide bonds. The van der Waals surface area contributed by atoms with Crippen molar-refractivity contribution in [2.75, 3.05) is 25.5 Å². The summed E-state index contributed by atoms with van der Waals surface area (Å²) in [5.41, 5.74) is 0. The van der Waals surface area contributed by atoms with E-state index in [1.165, 1.54) is 38.9 Å². The van der Waals surface area contributed by atoms with E-state index < -0.39 is 0 Å². The molecule has 0 aliphatic heterocycles. The van der Waals surface area contributed by atoms with Crippen LogP contribution in [0.2, 0.25) is 0 Å². The molecular formula is C16H34ClN. The van der Waals surface area contributed by atoms with Gasteiger partial charge >= 0.3 is 0 Å². The zero-order valence-corrected chi connectivity index (χ0v) is 14.0. The van der Waals surface area contributed by atoms with E-state index >= 15 is 0 Å². The van der Waals surface area contributed by atoms with Gasteiger partial charge in [0.25, 0.3) is 0 Å². The highest BCUT2D eigenvalue weighted by Crippen LogP contribution is 2.12. The summed E-state index contributed by atoms with van der Waals surface area (Å²) in [5, 5.41) is 0. The van der Waals surface area contributed by atoms with Crippen LogP contribution in [-0.2, 0) is 0 Å². The number of hydrogen-bond donors (Lipinski definition) is 0. The number of nitrogens with zero attached hydrogens (tertiary/aromatic N) is 1. The third-order valence-corrected chi connectivity index (χ3v) is 3.80. The van der Waals surface area contributed by atoms with Gasteiger partial charge in [-0.1, -0.05) is 34.6 Å². The number of hydrogen-bond acceptors (Lipinski definition) is 1. The van der Waals surface area contributed by atoms with E-state index in [2.05, 4.69) is 39.5 Å². The third-order valence-electron chi connectivity index (χ3n) is 3.59. The van der Waals surface area contributed by atoms with E-state index in [0.717, 1.165) is 30.1 Å². The van der Waals surface area contributed by atoms with Crippen LogP contribution < -0.4 is 0 Å². The van der Waals surface area contributed by atoms with Crippen LogP contribution in [0.1, 0.15) is 60.3 Å². The average molecular weight is 276 g/mol. The van der Waals surface area contributed by atoms with Crippen molar-refractivity contribution in [3.63, 3.8) is 0 Å². The lowest BCUT2D eigenvalue weighted by atomic mass is 10.0. The molecular weight excluding hydrogens is 242 g/mol. The molecule has 0 radical (unpaired) electrons. The van der Waals surface area contributed by atoms with E-state index in [9.17, 15) is 0 Å². The second kappa shape index (κ2) is 11.1. The van der Waals surface area contributed by atoms with Crippen LogP contribution >= 0.6 is 11.6 Å². The van der Waals surface area contributed by atoms with Crippen LogP contribution in [0.25, 0.3) is 0 Å². The second-order valence-electron chi connectivity index (χ2n) is 6.58. The fourth-order valence-electron chi connectivity index (χ4n) is 1.95. The molecule has 0 rings (SSSR count). The minimum atomic E-state index is 0.767. The molecule has 0 aromatic rings. The van der Waals surface area contributed by atoms with Gasteiger partial charge in [0.1, 0.15) is 0 Å². The summed E-state index contributed by atoms with van der Waals surface area (Å²) in [7, 11) is 0. The van der Waals surface area contributed by atoms with Gasteiger partial charge in [0.2, 0.25) is 0 Å². The van der Waals surface area contributed by atoms with Crippen molar-refractivity contribution < 1.29 is 0 Å². The fourth-order valence-corrected chi connectivity index (χ4v) is 2.32. The van der Waals surface area contributed by atoms with E-state index in [0.29, 0.717) is 0 Å². The van der Waals surface area contributed by atoms with E-state index in [1.54, 1.807) is 0 Å². The van der Waals surface area contributed by atoms with Crippen LogP contribution in [0.15, 0.2) is 0 Å². The molecule has 0 aromatic heterocycles. The van der Waals surface area contributed by atoms with Gasteiger partial charge in [-0.05, 0) is 63.1 Å². The van der Waals surface area contributed by atoms with Gasteiger partial charge in [-0.15, -0.1) is 11.6 Å². The lowest BCUT2D eigenvalue weighted by Gasteiger charge is -2.25. The summed E-state index contributed by atoms with van der Waals surface area (Å²) >= 11 is 5.80. The van der Waals surface area contributed by atoms with Gasteiger partial charge in [-0.3, -0.25) is 0 Å². The van der Waals surface area contributed by atoms with Gasteiger partial charge < -0.3 is 4.90 Å². The lowest BCUT2D eigenvalue weighted by molar-refractivity contribution is 0.228. The van der Waals surface area contributed by atoms with Crippen LogP contribution in [0.3, 0.4) is 0 Å². The highest BCUT2D eigenvalue weighted by Gasteiger charge is 2.09. The fraction of sp³-hybridized carbons (Fsp3) is 1.00. The normalized spacial score (nSPS) is 13.8. The molecule has 0 saturated heterocycles. The minimum absolute atomic E-state index is 0.767. The molecule has 110 valence electrons. The van der Waals surface area contributed by atoms with Crippen molar-refractivity contribution in [1.29, 1.82) is 0 Å². The van der Waals surface area contributed by atoms with E-state index in [1.807, 2.05) is 0 Å². The smallest absolute Gasteiger partial charge is 0.0225 e. The number of alkyl halides is 1. The average Bonchev–Trinajstić information content (AvgIpc) is 2.27. The zero-order valence-electron chi connectivity index (χ0n) is 13.2. The predicted octanol–water partition coefficient (Wildman–Crippen LogP) is 5.04. The van der Waals surface area contributed by atoms with Crippen molar-refractivity contribution in [2.24, 2.45) is 17.8 Å². The Morgan fingerprint density at radius 3 is 1.56 bits per heavy atom. The second-order valence-corrected chi connectivity index (χ2v) is 6.96. The first-order valence-corrected chi connectivity index (χ1v) is 8.27. The van der Waals surface area contributed by atoms with E-state index in [-0.39, 0.29) is 0 Å². The topological polar surface area (TPSA) is 3.24 Å². The molecule has 0 saturated carbocycles. The molecule has 2 heteroatoms. The quantitative estimate of drug-likeness (QED) is 0.478. The molecule has 1 unspecified atom stereocenters. The molecule has 0 aliphatic carbocycles. The maximum Gasteiger partial charge on any atom is 0.0225 e. The van der Waals surface area contributed by atoms with Gasteiger partial charge in [0.05, 0.1) is 0 Å². The van der Waals surface area contributed by atoms with Crippen LogP contribution in [-0.4, -0.2) is 30.4 Å². The molecule has 0 heterocycles. The molecule has 0 aliphatic rings. The Labute approximate surface area is 120 Å². The molecule has 1 atom stereocenters. The van der Waals surface area contributed by atoms with Gasteiger partial charge in [-0.25, -0.2) is 0 Å².